The summed E-state index contributed by atoms with van der Waals surface area (Å²) in [5.41, 5.74) is 0. The summed E-state index contributed by atoms with van der Waals surface area (Å²) in [4.78, 5) is 2.43. The molecule has 17 heavy (non-hydrogen) atoms. The van der Waals surface area contributed by atoms with Crippen molar-refractivity contribution in [3.63, 3.8) is 0 Å². The summed E-state index contributed by atoms with van der Waals surface area (Å²) in [6, 6.07) is 0. The van der Waals surface area contributed by atoms with Crippen molar-refractivity contribution in [1.29, 1.82) is 0 Å². The van der Waals surface area contributed by atoms with Crippen LogP contribution in [0.25, 0.3) is 0 Å². The summed E-state index contributed by atoms with van der Waals surface area (Å²) in [5.74, 6) is 1.69. The zero-order valence-electron chi connectivity index (χ0n) is 11.8. The molecular weight excluding hydrogens is 212 g/mol. The van der Waals surface area contributed by atoms with Crippen LogP contribution in [0, 0.1) is 11.8 Å². The molecule has 0 aromatic heterocycles. The van der Waals surface area contributed by atoms with E-state index in [1.165, 1.54) is 19.3 Å². The number of nitrogens with one attached hydrogen (secondary N) is 1. The summed E-state index contributed by atoms with van der Waals surface area (Å²) in [7, 11) is 0. The van der Waals surface area contributed by atoms with E-state index in [1.807, 2.05) is 0 Å². The van der Waals surface area contributed by atoms with E-state index >= 15 is 0 Å². The minimum Gasteiger partial charge on any atom is -0.390 e. The zero-order valence-corrected chi connectivity index (χ0v) is 11.8. The van der Waals surface area contributed by atoms with Gasteiger partial charge in [-0.2, -0.15) is 0 Å². The topological polar surface area (TPSA) is 35.5 Å². The standard InChI is InChI=1S/C14H30N2O/c1-4-15-10-14(17)11-16-8-5-6-13(7-9-16)12(2)3/h12-15,17H,4-11H2,1-3H3. The monoisotopic (exact) mass is 242 g/mol. The molecule has 1 aliphatic heterocycles. The van der Waals surface area contributed by atoms with Gasteiger partial charge in [0.2, 0.25) is 0 Å². The molecule has 2 N–H and O–H groups in total. The number of nitrogens with zero attached hydrogens (tertiary/aromatic N) is 1. The third-order valence-corrected chi connectivity index (χ3v) is 3.91. The fraction of sp³-hybridized carbons (Fsp3) is 1.00. The highest BCUT2D eigenvalue weighted by atomic mass is 16.3. The van der Waals surface area contributed by atoms with Crippen molar-refractivity contribution >= 4 is 0 Å². The van der Waals surface area contributed by atoms with Crippen LogP contribution in [-0.4, -0.2) is 48.8 Å². The van der Waals surface area contributed by atoms with Crippen LogP contribution >= 0.6 is 0 Å². The van der Waals surface area contributed by atoms with E-state index in [0.717, 1.165) is 44.6 Å². The Kier molecular flexibility index (Phi) is 7.09. The Balaban J connectivity index is 2.26. The first-order chi connectivity index (χ1) is 8.13. The van der Waals surface area contributed by atoms with Crippen molar-refractivity contribution in [2.75, 3.05) is 32.7 Å². The molecule has 2 unspecified atom stereocenters. The predicted octanol–water partition coefficient (Wildman–Crippen LogP) is 1.71. The second-order valence-corrected chi connectivity index (χ2v) is 5.70. The van der Waals surface area contributed by atoms with Crippen LogP contribution in [-0.2, 0) is 0 Å². The number of hydrogen-bond donors (Lipinski definition) is 2. The summed E-state index contributed by atoms with van der Waals surface area (Å²) in [6.07, 6.45) is 3.73. The van der Waals surface area contributed by atoms with E-state index in [-0.39, 0.29) is 6.10 Å². The molecule has 3 nitrogen and oxygen atoms in total. The number of likely N-dealkylation sites (tertiary alicyclic amines) is 1. The largest absolute Gasteiger partial charge is 0.390 e. The smallest absolute Gasteiger partial charge is 0.0791 e. The Bertz CT molecular complexity index is 197. The van der Waals surface area contributed by atoms with Crippen LogP contribution in [0.1, 0.15) is 40.0 Å². The van der Waals surface area contributed by atoms with E-state index in [9.17, 15) is 5.11 Å². The maximum Gasteiger partial charge on any atom is 0.0791 e. The van der Waals surface area contributed by atoms with Gasteiger partial charge in [-0.15, -0.1) is 0 Å². The maximum absolute atomic E-state index is 9.90. The highest BCUT2D eigenvalue weighted by molar-refractivity contribution is 4.74. The summed E-state index contributed by atoms with van der Waals surface area (Å²) in [5, 5.41) is 13.1. The Morgan fingerprint density at radius 3 is 2.71 bits per heavy atom. The van der Waals surface area contributed by atoms with E-state index < -0.39 is 0 Å². The van der Waals surface area contributed by atoms with E-state index in [4.69, 9.17) is 0 Å². The second kappa shape index (κ2) is 8.06. The third-order valence-electron chi connectivity index (χ3n) is 3.91. The fourth-order valence-corrected chi connectivity index (χ4v) is 2.70. The molecule has 0 spiro atoms. The Labute approximate surface area is 107 Å². The minimum absolute atomic E-state index is 0.217. The molecule has 0 aromatic rings. The number of aliphatic hydroxyl groups excluding tert-OH is 1. The molecule has 1 aliphatic rings. The van der Waals surface area contributed by atoms with Crippen LogP contribution < -0.4 is 5.32 Å². The van der Waals surface area contributed by atoms with Gasteiger partial charge in [-0.3, -0.25) is 0 Å². The molecular formula is C14H30N2O. The SMILES string of the molecule is CCNCC(O)CN1CCCC(C(C)C)CC1. The molecule has 1 heterocycles. The van der Waals surface area contributed by atoms with Gasteiger partial charge in [-0.05, 0) is 50.7 Å². The van der Waals surface area contributed by atoms with Gasteiger partial charge in [0, 0.05) is 13.1 Å². The average molecular weight is 242 g/mol. The maximum atomic E-state index is 9.90. The lowest BCUT2D eigenvalue weighted by Gasteiger charge is -2.24. The predicted molar refractivity (Wildman–Crippen MR) is 73.2 cm³/mol. The van der Waals surface area contributed by atoms with Crippen molar-refractivity contribution in [2.45, 2.75) is 46.1 Å². The van der Waals surface area contributed by atoms with Crippen molar-refractivity contribution in [1.82, 2.24) is 10.2 Å². The van der Waals surface area contributed by atoms with Gasteiger partial charge < -0.3 is 15.3 Å². The number of aliphatic hydroxyl groups is 1. The third kappa shape index (κ3) is 5.84. The molecule has 0 amide bonds. The van der Waals surface area contributed by atoms with Crippen LogP contribution in [0.5, 0.6) is 0 Å². The first kappa shape index (κ1) is 14.9. The summed E-state index contributed by atoms with van der Waals surface area (Å²) >= 11 is 0. The van der Waals surface area contributed by atoms with Gasteiger partial charge in [0.05, 0.1) is 6.10 Å². The lowest BCUT2D eigenvalue weighted by Crippen LogP contribution is -2.38. The molecule has 0 radical (unpaired) electrons. The average Bonchev–Trinajstić information content (AvgIpc) is 2.52. The Morgan fingerprint density at radius 2 is 2.06 bits per heavy atom. The molecule has 0 bridgehead atoms. The normalized spacial score (nSPS) is 24.9. The Morgan fingerprint density at radius 1 is 1.29 bits per heavy atom. The van der Waals surface area contributed by atoms with Crippen LogP contribution in [0.2, 0.25) is 0 Å². The number of hydrogen-bond acceptors (Lipinski definition) is 3. The molecule has 3 heteroatoms. The molecule has 0 saturated carbocycles. The lowest BCUT2D eigenvalue weighted by molar-refractivity contribution is 0.112. The molecule has 1 saturated heterocycles. The van der Waals surface area contributed by atoms with Crippen molar-refractivity contribution < 1.29 is 5.11 Å². The lowest BCUT2D eigenvalue weighted by atomic mass is 9.89. The summed E-state index contributed by atoms with van der Waals surface area (Å²) in [6.45, 7) is 11.6. The van der Waals surface area contributed by atoms with E-state index in [0.29, 0.717) is 0 Å². The molecule has 1 rings (SSSR count). The molecule has 1 fully saturated rings. The number of likely N-dealkylation sites (N-methyl/N-ethyl adjacent to an activating group) is 1. The Hall–Kier alpha value is -0.120. The molecule has 2 atom stereocenters. The zero-order chi connectivity index (χ0) is 12.7. The molecule has 102 valence electrons. The van der Waals surface area contributed by atoms with Gasteiger partial charge in [-0.25, -0.2) is 0 Å². The highest BCUT2D eigenvalue weighted by Gasteiger charge is 2.20. The highest BCUT2D eigenvalue weighted by Crippen LogP contribution is 2.24. The quantitative estimate of drug-likeness (QED) is 0.744. The summed E-state index contributed by atoms with van der Waals surface area (Å²) < 4.78 is 0. The van der Waals surface area contributed by atoms with Crippen LogP contribution in [0.4, 0.5) is 0 Å². The van der Waals surface area contributed by atoms with Gasteiger partial charge in [-0.1, -0.05) is 20.8 Å². The van der Waals surface area contributed by atoms with Gasteiger partial charge in [0.1, 0.15) is 0 Å². The first-order valence-corrected chi connectivity index (χ1v) is 7.24. The molecule has 0 aromatic carbocycles. The van der Waals surface area contributed by atoms with Gasteiger partial charge in [0.25, 0.3) is 0 Å². The number of rotatable bonds is 6. The minimum atomic E-state index is -0.217. The second-order valence-electron chi connectivity index (χ2n) is 5.70. The van der Waals surface area contributed by atoms with Gasteiger partial charge in [0.15, 0.2) is 0 Å². The van der Waals surface area contributed by atoms with Crippen molar-refractivity contribution in [2.24, 2.45) is 11.8 Å². The van der Waals surface area contributed by atoms with Crippen LogP contribution in [0.15, 0.2) is 0 Å². The van der Waals surface area contributed by atoms with Gasteiger partial charge >= 0.3 is 0 Å². The van der Waals surface area contributed by atoms with Crippen molar-refractivity contribution in [3.05, 3.63) is 0 Å². The molecule has 0 aliphatic carbocycles. The van der Waals surface area contributed by atoms with E-state index in [1.54, 1.807) is 0 Å². The fourth-order valence-electron chi connectivity index (χ4n) is 2.70. The van der Waals surface area contributed by atoms with Crippen LogP contribution in [0.3, 0.4) is 0 Å². The first-order valence-electron chi connectivity index (χ1n) is 7.24. The van der Waals surface area contributed by atoms with E-state index in [2.05, 4.69) is 31.0 Å². The van der Waals surface area contributed by atoms with Crippen molar-refractivity contribution in [3.8, 4) is 0 Å². The number of β-amino-alcohol motifs (C(OH)–C–C–N with tert-alkyl or cyclic N) is 1.